The zero-order valence-corrected chi connectivity index (χ0v) is 11.5. The van der Waals surface area contributed by atoms with E-state index in [1.165, 1.54) is 7.11 Å². The van der Waals surface area contributed by atoms with Crippen molar-refractivity contribution in [3.8, 4) is 0 Å². The number of hydrogen-bond acceptors (Lipinski definition) is 5. The molecule has 1 unspecified atom stereocenters. The van der Waals surface area contributed by atoms with Crippen molar-refractivity contribution in [3.05, 3.63) is 23.9 Å². The summed E-state index contributed by atoms with van der Waals surface area (Å²) >= 11 is 4.94. The zero-order valence-electron chi connectivity index (χ0n) is 10.6. The summed E-state index contributed by atoms with van der Waals surface area (Å²) in [5, 5.41) is 3.03. The number of thiocarbonyl (C=S) groups is 1. The van der Waals surface area contributed by atoms with Gasteiger partial charge >= 0.3 is 5.97 Å². The SMILES string of the molecule is COC(=O)C(Nc1ncccc1C(N)=S)C(C)C. The Morgan fingerprint density at radius 3 is 2.72 bits per heavy atom. The topological polar surface area (TPSA) is 77.2 Å². The maximum Gasteiger partial charge on any atom is 0.328 e. The number of esters is 1. The van der Waals surface area contributed by atoms with E-state index in [0.717, 1.165) is 0 Å². The molecule has 0 aliphatic rings. The number of pyridine rings is 1. The van der Waals surface area contributed by atoms with E-state index in [1.807, 2.05) is 13.8 Å². The van der Waals surface area contributed by atoms with Crippen LogP contribution in [0.5, 0.6) is 0 Å². The molecule has 1 aromatic heterocycles. The molecular formula is C12H17N3O2S. The first-order valence-electron chi connectivity index (χ1n) is 5.56. The van der Waals surface area contributed by atoms with Crippen molar-refractivity contribution < 1.29 is 9.53 Å². The molecule has 6 heteroatoms. The van der Waals surface area contributed by atoms with E-state index in [1.54, 1.807) is 18.3 Å². The smallest absolute Gasteiger partial charge is 0.328 e. The Morgan fingerprint density at radius 1 is 1.56 bits per heavy atom. The lowest BCUT2D eigenvalue weighted by Gasteiger charge is -2.21. The quantitative estimate of drug-likeness (QED) is 0.619. The lowest BCUT2D eigenvalue weighted by molar-refractivity contribution is -0.142. The van der Waals surface area contributed by atoms with Crippen molar-refractivity contribution in [1.29, 1.82) is 0 Å². The number of ether oxygens (including phenoxy) is 1. The molecule has 1 rings (SSSR count). The number of methoxy groups -OCH3 is 1. The van der Waals surface area contributed by atoms with Crippen LogP contribution in [0.1, 0.15) is 19.4 Å². The summed E-state index contributed by atoms with van der Waals surface area (Å²) in [4.78, 5) is 16.0. The fourth-order valence-corrected chi connectivity index (χ4v) is 1.66. The van der Waals surface area contributed by atoms with Gasteiger partial charge in [-0.3, -0.25) is 0 Å². The molecule has 0 aromatic carbocycles. The van der Waals surface area contributed by atoms with E-state index >= 15 is 0 Å². The molecule has 0 amide bonds. The van der Waals surface area contributed by atoms with Crippen LogP contribution in [0.4, 0.5) is 5.82 Å². The number of carbonyl (C=O) groups is 1. The number of nitrogens with two attached hydrogens (primary N) is 1. The first kappa shape index (κ1) is 14.4. The Labute approximate surface area is 112 Å². The summed E-state index contributed by atoms with van der Waals surface area (Å²) in [7, 11) is 1.35. The molecule has 5 nitrogen and oxygen atoms in total. The number of carbonyl (C=O) groups excluding carboxylic acids is 1. The Hall–Kier alpha value is -1.69. The maximum atomic E-state index is 11.7. The van der Waals surface area contributed by atoms with Crippen LogP contribution in [0, 0.1) is 5.92 Å². The Balaban J connectivity index is 3.01. The third-order valence-corrected chi connectivity index (χ3v) is 2.71. The van der Waals surface area contributed by atoms with Crippen molar-refractivity contribution in [2.45, 2.75) is 19.9 Å². The van der Waals surface area contributed by atoms with E-state index in [-0.39, 0.29) is 16.9 Å². The number of hydrogen-bond donors (Lipinski definition) is 2. The largest absolute Gasteiger partial charge is 0.467 e. The highest BCUT2D eigenvalue weighted by molar-refractivity contribution is 7.80. The molecule has 1 heterocycles. The fourth-order valence-electron chi connectivity index (χ4n) is 1.49. The second kappa shape index (κ2) is 6.30. The number of rotatable bonds is 5. The minimum Gasteiger partial charge on any atom is -0.467 e. The molecule has 3 N–H and O–H groups in total. The van der Waals surface area contributed by atoms with Gasteiger partial charge < -0.3 is 15.8 Å². The highest BCUT2D eigenvalue weighted by Crippen LogP contribution is 2.16. The standard InChI is InChI=1S/C12H17N3O2S/c1-7(2)9(12(16)17-3)15-11-8(10(13)18)5-4-6-14-11/h4-7,9H,1-3H3,(H2,13,18)(H,14,15). The van der Waals surface area contributed by atoms with Gasteiger partial charge in [0.2, 0.25) is 0 Å². The minimum atomic E-state index is -0.488. The summed E-state index contributed by atoms with van der Waals surface area (Å²) in [6.45, 7) is 3.83. The summed E-state index contributed by atoms with van der Waals surface area (Å²) in [5.74, 6) is 0.206. The van der Waals surface area contributed by atoms with Gasteiger partial charge in [-0.1, -0.05) is 26.1 Å². The van der Waals surface area contributed by atoms with Crippen LogP contribution in [-0.4, -0.2) is 29.1 Å². The fraction of sp³-hybridized carbons (Fsp3) is 0.417. The van der Waals surface area contributed by atoms with Crippen molar-refractivity contribution in [2.75, 3.05) is 12.4 Å². The summed E-state index contributed by atoms with van der Waals surface area (Å²) in [5.41, 5.74) is 6.22. The minimum absolute atomic E-state index is 0.0543. The van der Waals surface area contributed by atoms with Crippen molar-refractivity contribution >= 4 is 29.0 Å². The molecule has 18 heavy (non-hydrogen) atoms. The van der Waals surface area contributed by atoms with Gasteiger partial charge in [-0.25, -0.2) is 9.78 Å². The van der Waals surface area contributed by atoms with Crippen LogP contribution in [-0.2, 0) is 9.53 Å². The average Bonchev–Trinajstić information content (AvgIpc) is 2.34. The summed E-state index contributed by atoms with van der Waals surface area (Å²) < 4.78 is 4.75. The first-order valence-corrected chi connectivity index (χ1v) is 5.97. The summed E-state index contributed by atoms with van der Waals surface area (Å²) in [6, 6.07) is 3.01. The summed E-state index contributed by atoms with van der Waals surface area (Å²) in [6.07, 6.45) is 1.61. The van der Waals surface area contributed by atoms with Crippen LogP contribution < -0.4 is 11.1 Å². The van der Waals surface area contributed by atoms with Gasteiger partial charge in [0.05, 0.1) is 12.7 Å². The van der Waals surface area contributed by atoms with Crippen molar-refractivity contribution in [3.63, 3.8) is 0 Å². The average molecular weight is 267 g/mol. The van der Waals surface area contributed by atoms with Crippen molar-refractivity contribution in [1.82, 2.24) is 4.98 Å². The van der Waals surface area contributed by atoms with Crippen LogP contribution in [0.3, 0.4) is 0 Å². The zero-order chi connectivity index (χ0) is 13.7. The monoisotopic (exact) mass is 267 g/mol. The molecule has 0 fully saturated rings. The highest BCUT2D eigenvalue weighted by Gasteiger charge is 2.24. The third-order valence-electron chi connectivity index (χ3n) is 2.49. The van der Waals surface area contributed by atoms with Crippen molar-refractivity contribution in [2.24, 2.45) is 11.7 Å². The molecule has 1 atom stereocenters. The number of aromatic nitrogens is 1. The van der Waals surface area contributed by atoms with E-state index in [9.17, 15) is 4.79 Å². The molecule has 0 saturated heterocycles. The van der Waals surface area contributed by atoms with Gasteiger partial charge in [0.25, 0.3) is 0 Å². The molecule has 0 aliphatic heterocycles. The Kier molecular flexibility index (Phi) is 5.03. The highest BCUT2D eigenvalue weighted by atomic mass is 32.1. The van der Waals surface area contributed by atoms with Gasteiger partial charge in [0.15, 0.2) is 0 Å². The molecule has 0 saturated carbocycles. The predicted molar refractivity (Wildman–Crippen MR) is 74.4 cm³/mol. The molecule has 0 spiro atoms. The second-order valence-corrected chi connectivity index (χ2v) is 4.59. The number of nitrogens with one attached hydrogen (secondary N) is 1. The normalized spacial score (nSPS) is 12.0. The van der Waals surface area contributed by atoms with Crippen LogP contribution >= 0.6 is 12.2 Å². The first-order chi connectivity index (χ1) is 8.47. The van der Waals surface area contributed by atoms with Gasteiger partial charge in [-0.05, 0) is 18.1 Å². The van der Waals surface area contributed by atoms with Gasteiger partial charge in [-0.2, -0.15) is 0 Å². The lowest BCUT2D eigenvalue weighted by Crippen LogP contribution is -2.36. The van der Waals surface area contributed by atoms with Crippen LogP contribution in [0.25, 0.3) is 0 Å². The van der Waals surface area contributed by atoms with Crippen LogP contribution in [0.2, 0.25) is 0 Å². The number of nitrogens with zero attached hydrogens (tertiary/aromatic N) is 1. The molecule has 98 valence electrons. The molecule has 1 aromatic rings. The van der Waals surface area contributed by atoms with E-state index < -0.39 is 6.04 Å². The molecular weight excluding hydrogens is 250 g/mol. The molecule has 0 radical (unpaired) electrons. The van der Waals surface area contributed by atoms with E-state index in [0.29, 0.717) is 11.4 Å². The van der Waals surface area contributed by atoms with E-state index in [4.69, 9.17) is 22.7 Å². The van der Waals surface area contributed by atoms with E-state index in [2.05, 4.69) is 10.3 Å². The maximum absolute atomic E-state index is 11.7. The Bertz CT molecular complexity index is 449. The number of anilines is 1. The Morgan fingerprint density at radius 2 is 2.22 bits per heavy atom. The molecule has 0 aliphatic carbocycles. The second-order valence-electron chi connectivity index (χ2n) is 4.15. The molecule has 0 bridgehead atoms. The van der Waals surface area contributed by atoms with Gasteiger partial charge in [-0.15, -0.1) is 0 Å². The third kappa shape index (κ3) is 3.40. The van der Waals surface area contributed by atoms with Crippen LogP contribution in [0.15, 0.2) is 18.3 Å². The predicted octanol–water partition coefficient (Wildman–Crippen LogP) is 1.33. The van der Waals surface area contributed by atoms with Gasteiger partial charge in [0, 0.05) is 6.20 Å². The van der Waals surface area contributed by atoms with Gasteiger partial charge in [0.1, 0.15) is 16.8 Å². The lowest BCUT2D eigenvalue weighted by atomic mass is 10.0.